The Hall–Kier alpha value is -3.23. The Balaban J connectivity index is 1.77. The minimum Gasteiger partial charge on any atom is -0.497 e. The van der Waals surface area contributed by atoms with E-state index in [4.69, 9.17) is 21.1 Å². The minimum absolute atomic E-state index is 0.0890. The monoisotopic (exact) mass is 516 g/mol. The molecule has 0 aliphatic carbocycles. The number of ether oxygens (including phenoxy) is 2. The number of benzene rings is 3. The maximum atomic E-state index is 13.6. The van der Waals surface area contributed by atoms with Gasteiger partial charge in [0, 0.05) is 5.02 Å². The van der Waals surface area contributed by atoms with Gasteiger partial charge in [-0.25, -0.2) is 8.42 Å². The molecule has 0 bridgehead atoms. The largest absolute Gasteiger partial charge is 0.497 e. The number of nitrogens with one attached hydrogen (secondary N) is 1. The maximum absolute atomic E-state index is 13.6. The van der Waals surface area contributed by atoms with Gasteiger partial charge in [-0.15, -0.1) is 0 Å². The van der Waals surface area contributed by atoms with E-state index in [1.54, 1.807) is 75.6 Å². The molecule has 0 aromatic heterocycles. The number of aryl methyl sites for hydroxylation is 2. The first kappa shape index (κ1) is 26.4. The molecule has 9 heteroatoms. The van der Waals surface area contributed by atoms with Crippen LogP contribution in [0.25, 0.3) is 0 Å². The van der Waals surface area contributed by atoms with Gasteiger partial charge in [0.2, 0.25) is 5.91 Å². The lowest BCUT2D eigenvalue weighted by Crippen LogP contribution is -2.45. The summed E-state index contributed by atoms with van der Waals surface area (Å²) in [5, 5.41) is 3.18. The van der Waals surface area contributed by atoms with E-state index in [1.165, 1.54) is 12.1 Å². The summed E-state index contributed by atoms with van der Waals surface area (Å²) in [5.41, 5.74) is 1.95. The summed E-state index contributed by atoms with van der Waals surface area (Å²) in [5.74, 6) is 0.876. The lowest BCUT2D eigenvalue weighted by Gasteiger charge is -2.26. The van der Waals surface area contributed by atoms with Crippen LogP contribution in [0.2, 0.25) is 5.02 Å². The molecular weight excluding hydrogens is 488 g/mol. The van der Waals surface area contributed by atoms with Gasteiger partial charge in [0.1, 0.15) is 24.7 Å². The number of carbonyl (C=O) groups excluding carboxylic acids is 1. The molecule has 3 aromatic carbocycles. The van der Waals surface area contributed by atoms with Crippen molar-refractivity contribution >= 4 is 33.2 Å². The fraction of sp³-hybridized carbons (Fsp3) is 0.269. The van der Waals surface area contributed by atoms with Gasteiger partial charge in [-0.05, 0) is 74.9 Å². The van der Waals surface area contributed by atoms with E-state index in [2.05, 4.69) is 5.32 Å². The van der Waals surface area contributed by atoms with E-state index >= 15 is 0 Å². The number of sulfonamides is 1. The second-order valence-corrected chi connectivity index (χ2v) is 10.5. The van der Waals surface area contributed by atoms with Crippen molar-refractivity contribution in [1.29, 1.82) is 0 Å². The number of nitrogens with zero attached hydrogens (tertiary/aromatic N) is 1. The third-order valence-corrected chi connectivity index (χ3v) is 7.31. The Bertz CT molecular complexity index is 1260. The fourth-order valence-electron chi connectivity index (χ4n) is 3.37. The summed E-state index contributed by atoms with van der Waals surface area (Å²) in [7, 11) is -2.45. The summed E-state index contributed by atoms with van der Waals surface area (Å²) in [6.07, 6.45) is 0. The Kier molecular flexibility index (Phi) is 8.64. The van der Waals surface area contributed by atoms with Crippen LogP contribution < -0.4 is 19.1 Å². The second-order valence-electron chi connectivity index (χ2n) is 8.21. The van der Waals surface area contributed by atoms with Crippen molar-refractivity contribution in [2.75, 3.05) is 24.6 Å². The minimum atomic E-state index is -4.03. The van der Waals surface area contributed by atoms with Gasteiger partial charge in [-0.1, -0.05) is 35.4 Å². The van der Waals surface area contributed by atoms with Crippen LogP contribution in [0.4, 0.5) is 5.69 Å². The molecule has 0 aliphatic heterocycles. The van der Waals surface area contributed by atoms with Crippen molar-refractivity contribution < 1.29 is 22.7 Å². The van der Waals surface area contributed by atoms with Crippen LogP contribution in [0.5, 0.6) is 11.5 Å². The molecule has 186 valence electrons. The molecule has 1 N–H and O–H groups in total. The van der Waals surface area contributed by atoms with E-state index in [0.717, 1.165) is 9.87 Å². The van der Waals surface area contributed by atoms with Crippen LogP contribution in [0.1, 0.15) is 18.1 Å². The molecule has 0 saturated heterocycles. The summed E-state index contributed by atoms with van der Waals surface area (Å²) >= 11 is 6.17. The van der Waals surface area contributed by atoms with Crippen molar-refractivity contribution in [3.05, 3.63) is 82.9 Å². The summed E-state index contributed by atoms with van der Waals surface area (Å²) in [4.78, 5) is 13.0. The molecule has 1 atom stereocenters. The average molecular weight is 517 g/mol. The van der Waals surface area contributed by atoms with E-state index in [9.17, 15) is 13.2 Å². The zero-order valence-corrected chi connectivity index (χ0v) is 21.7. The van der Waals surface area contributed by atoms with Crippen molar-refractivity contribution in [2.24, 2.45) is 0 Å². The van der Waals surface area contributed by atoms with Gasteiger partial charge in [0.05, 0.1) is 23.7 Å². The average Bonchev–Trinajstić information content (AvgIpc) is 2.83. The van der Waals surface area contributed by atoms with Crippen LogP contribution in [0, 0.1) is 13.8 Å². The van der Waals surface area contributed by atoms with Gasteiger partial charge >= 0.3 is 0 Å². The van der Waals surface area contributed by atoms with E-state index < -0.39 is 22.5 Å². The molecule has 1 unspecified atom stereocenters. The van der Waals surface area contributed by atoms with Gasteiger partial charge < -0.3 is 14.8 Å². The van der Waals surface area contributed by atoms with Crippen molar-refractivity contribution in [1.82, 2.24) is 5.32 Å². The zero-order valence-electron chi connectivity index (χ0n) is 20.1. The Labute approximate surface area is 211 Å². The molecule has 7 nitrogen and oxygen atoms in total. The quantitative estimate of drug-likeness (QED) is 0.420. The Morgan fingerprint density at radius 1 is 1.00 bits per heavy atom. The highest BCUT2D eigenvalue weighted by atomic mass is 35.5. The number of anilines is 1. The number of amides is 1. The Morgan fingerprint density at radius 3 is 2.26 bits per heavy atom. The molecule has 0 radical (unpaired) electrons. The molecule has 3 aromatic rings. The lowest BCUT2D eigenvalue weighted by atomic mass is 10.2. The summed E-state index contributed by atoms with van der Waals surface area (Å²) in [6.45, 7) is 5.22. The molecule has 0 heterocycles. The van der Waals surface area contributed by atoms with Crippen LogP contribution in [-0.4, -0.2) is 40.6 Å². The van der Waals surface area contributed by atoms with Crippen molar-refractivity contribution in [3.8, 4) is 11.5 Å². The predicted molar refractivity (Wildman–Crippen MR) is 138 cm³/mol. The van der Waals surface area contributed by atoms with Crippen LogP contribution >= 0.6 is 11.6 Å². The highest BCUT2D eigenvalue weighted by Crippen LogP contribution is 2.29. The first-order valence-corrected chi connectivity index (χ1v) is 12.8. The maximum Gasteiger partial charge on any atom is 0.264 e. The first-order chi connectivity index (χ1) is 16.6. The molecule has 1 amide bonds. The zero-order chi connectivity index (χ0) is 25.6. The van der Waals surface area contributed by atoms with Crippen molar-refractivity contribution in [3.63, 3.8) is 0 Å². The van der Waals surface area contributed by atoms with Crippen molar-refractivity contribution in [2.45, 2.75) is 31.7 Å². The number of carbonyl (C=O) groups is 1. The number of rotatable bonds is 10. The highest BCUT2D eigenvalue weighted by Gasteiger charge is 2.29. The third-order valence-electron chi connectivity index (χ3n) is 5.30. The predicted octanol–water partition coefficient (Wildman–Crippen LogP) is 4.74. The molecule has 0 fully saturated rings. The second kappa shape index (κ2) is 11.5. The van der Waals surface area contributed by atoms with Crippen LogP contribution in [0.15, 0.2) is 71.6 Å². The number of halogens is 1. The van der Waals surface area contributed by atoms with E-state index in [1.807, 2.05) is 6.92 Å². The van der Waals surface area contributed by atoms with Gasteiger partial charge in [-0.2, -0.15) is 0 Å². The first-order valence-electron chi connectivity index (χ1n) is 11.0. The molecule has 3 rings (SSSR count). The molecule has 0 aliphatic rings. The standard InChI is InChI=1S/C26H29ClN2O5S/c1-18-5-13-24(14-6-18)35(31,32)29(25-15-21(27)8-7-19(25)2)16-26(30)28-20(3)17-34-23-11-9-22(33-4)10-12-23/h5-15,20H,16-17H2,1-4H3,(H,28,30). The molecule has 35 heavy (non-hydrogen) atoms. The SMILES string of the molecule is COc1ccc(OCC(C)NC(=O)CN(c2cc(Cl)ccc2C)S(=O)(=O)c2ccc(C)cc2)cc1. The molecule has 0 saturated carbocycles. The third kappa shape index (κ3) is 6.90. The van der Waals surface area contributed by atoms with Gasteiger partial charge in [-0.3, -0.25) is 9.10 Å². The topological polar surface area (TPSA) is 84.9 Å². The smallest absolute Gasteiger partial charge is 0.264 e. The molecule has 0 spiro atoms. The highest BCUT2D eigenvalue weighted by molar-refractivity contribution is 7.92. The summed E-state index contributed by atoms with van der Waals surface area (Å²) in [6, 6.07) is 18.2. The Morgan fingerprint density at radius 2 is 1.63 bits per heavy atom. The normalized spacial score (nSPS) is 12.0. The van der Waals surface area contributed by atoms with Gasteiger partial charge in [0.25, 0.3) is 10.0 Å². The fourth-order valence-corrected chi connectivity index (χ4v) is 5.02. The number of hydrogen-bond acceptors (Lipinski definition) is 5. The number of hydrogen-bond donors (Lipinski definition) is 1. The van der Waals surface area contributed by atoms with Gasteiger partial charge in [0.15, 0.2) is 0 Å². The lowest BCUT2D eigenvalue weighted by molar-refractivity contribution is -0.120. The van der Waals surface area contributed by atoms with E-state index in [0.29, 0.717) is 27.8 Å². The van der Waals surface area contributed by atoms with E-state index in [-0.39, 0.29) is 17.5 Å². The van der Waals surface area contributed by atoms with Crippen LogP contribution in [-0.2, 0) is 14.8 Å². The van der Waals surface area contributed by atoms with Crippen LogP contribution in [0.3, 0.4) is 0 Å². The number of methoxy groups -OCH3 is 1. The molecular formula is C26H29ClN2O5S. The summed E-state index contributed by atoms with van der Waals surface area (Å²) < 4.78 is 39.1.